The fraction of sp³-hybridized carbons (Fsp3) is 0.263. The van der Waals surface area contributed by atoms with E-state index in [1.54, 1.807) is 29.1 Å². The molecule has 0 radical (unpaired) electrons. The minimum atomic E-state index is -1.53. The van der Waals surface area contributed by atoms with Crippen LogP contribution in [0.15, 0.2) is 41.0 Å². The Morgan fingerprint density at radius 3 is 2.92 bits per heavy atom. The Balaban J connectivity index is 1.38. The van der Waals surface area contributed by atoms with Crippen LogP contribution in [0.3, 0.4) is 0 Å². The molecule has 5 N–H and O–H groups in total. The summed E-state index contributed by atoms with van der Waals surface area (Å²) in [5, 5.41) is 21.4. The first kappa shape index (κ1) is 24.4. The van der Waals surface area contributed by atoms with Gasteiger partial charge in [0, 0.05) is 28.9 Å². The number of fused-ring (bicyclic) bond motifs is 2. The molecule has 2 atom stereocenters. The van der Waals surface area contributed by atoms with Crippen LogP contribution in [0, 0.1) is 0 Å². The number of carbonyl (C=O) groups excluding carboxylic acids is 3. The molecule has 1 saturated heterocycles. The number of nitrogens with one attached hydrogen (secondary N) is 1. The number of carboxylic acids is 1. The maximum atomic E-state index is 13.0. The van der Waals surface area contributed by atoms with Gasteiger partial charge in [0.1, 0.15) is 18.0 Å². The van der Waals surface area contributed by atoms with Gasteiger partial charge in [-0.3, -0.25) is 14.5 Å². The minimum absolute atomic E-state index is 0.0344. The molecule has 2 amide bonds. The normalized spacial score (nSPS) is 19.5. The number of alkyl halides is 1. The summed E-state index contributed by atoms with van der Waals surface area (Å²) in [6, 6.07) is 2.38. The van der Waals surface area contributed by atoms with Crippen LogP contribution in [-0.4, -0.2) is 71.4 Å². The molecule has 0 unspecified atom stereocenters. The van der Waals surface area contributed by atoms with Crippen molar-refractivity contribution in [2.24, 2.45) is 5.16 Å². The van der Waals surface area contributed by atoms with E-state index in [0.717, 1.165) is 16.4 Å². The van der Waals surface area contributed by atoms with Gasteiger partial charge in [-0.15, -0.1) is 11.8 Å². The lowest BCUT2D eigenvalue weighted by atomic mass is 10.0. The first-order chi connectivity index (χ1) is 17.8. The maximum absolute atomic E-state index is 13.0. The number of aromatic nitrogens is 5. The van der Waals surface area contributed by atoms with E-state index < -0.39 is 41.8 Å². The number of aliphatic carboxylic acids is 1. The first-order valence-electron chi connectivity index (χ1n) is 10.5. The average molecular weight is 549 g/mol. The molecule has 2 aliphatic rings. The van der Waals surface area contributed by atoms with Gasteiger partial charge in [-0.1, -0.05) is 14.8 Å². The zero-order valence-corrected chi connectivity index (χ0v) is 20.2. The molecule has 15 nitrogen and oxygen atoms in total. The highest BCUT2D eigenvalue weighted by molar-refractivity contribution is 8.00. The molecular weight excluding hydrogens is 531 g/mol. The van der Waals surface area contributed by atoms with Gasteiger partial charge >= 0.3 is 5.65 Å². The van der Waals surface area contributed by atoms with Gasteiger partial charge in [-0.25, -0.2) is 8.96 Å². The zero-order chi connectivity index (χ0) is 26.3. The van der Waals surface area contributed by atoms with Crippen LogP contribution in [0.4, 0.5) is 15.3 Å². The molecule has 5 heterocycles. The van der Waals surface area contributed by atoms with E-state index in [1.165, 1.54) is 16.3 Å². The van der Waals surface area contributed by atoms with E-state index >= 15 is 0 Å². The number of nitrogens with two attached hydrogens (primary N) is 2. The SMILES string of the molecule is Nc1nc(/C(=N/OCF)C(=O)N[C@@H]2C(=O)N3C(C(=O)[O-])=C(C[n+]4cc(N)n5ncccc54)CS[C@H]23)ns1. The number of thioether (sulfide) groups is 1. The van der Waals surface area contributed by atoms with E-state index in [-0.39, 0.29) is 29.0 Å². The summed E-state index contributed by atoms with van der Waals surface area (Å²) in [4.78, 5) is 47.1. The third-order valence-electron chi connectivity index (χ3n) is 5.52. The summed E-state index contributed by atoms with van der Waals surface area (Å²) in [5.74, 6) is -2.77. The molecule has 3 aromatic heterocycles. The summed E-state index contributed by atoms with van der Waals surface area (Å²) < 4.78 is 19.6. The summed E-state index contributed by atoms with van der Waals surface area (Å²) in [7, 11) is 0. The number of oxime groups is 1. The van der Waals surface area contributed by atoms with Gasteiger partial charge in [-0.2, -0.15) is 9.36 Å². The Hall–Kier alpha value is -4.32. The van der Waals surface area contributed by atoms with Crippen molar-refractivity contribution in [2.45, 2.75) is 18.0 Å². The monoisotopic (exact) mass is 548 g/mol. The van der Waals surface area contributed by atoms with Gasteiger partial charge in [0.15, 0.2) is 11.3 Å². The highest BCUT2D eigenvalue weighted by atomic mass is 32.2. The smallest absolute Gasteiger partial charge is 0.309 e. The van der Waals surface area contributed by atoms with Gasteiger partial charge < -0.3 is 31.5 Å². The third-order valence-corrected chi connectivity index (χ3v) is 7.40. The number of anilines is 2. The van der Waals surface area contributed by atoms with Crippen molar-refractivity contribution in [3.63, 3.8) is 0 Å². The number of carbonyl (C=O) groups is 3. The van der Waals surface area contributed by atoms with E-state index in [1.807, 2.05) is 0 Å². The predicted octanol–water partition coefficient (Wildman–Crippen LogP) is -2.61. The topological polar surface area (TPSA) is 210 Å². The summed E-state index contributed by atoms with van der Waals surface area (Å²) in [6.45, 7) is -1.20. The molecule has 5 rings (SSSR count). The second-order valence-corrected chi connectivity index (χ2v) is 9.60. The van der Waals surface area contributed by atoms with Crippen LogP contribution in [0.1, 0.15) is 5.82 Å². The van der Waals surface area contributed by atoms with Crippen molar-refractivity contribution < 1.29 is 33.3 Å². The van der Waals surface area contributed by atoms with Crippen molar-refractivity contribution in [3.05, 3.63) is 41.6 Å². The lowest BCUT2D eigenvalue weighted by molar-refractivity contribution is -0.662. The number of hydrogen-bond donors (Lipinski definition) is 3. The van der Waals surface area contributed by atoms with Gasteiger partial charge in [-0.05, 0) is 6.07 Å². The van der Waals surface area contributed by atoms with Crippen LogP contribution in [0.25, 0.3) is 5.65 Å². The molecule has 0 aliphatic carbocycles. The average Bonchev–Trinajstić information content (AvgIpc) is 3.45. The first-order valence-corrected chi connectivity index (χ1v) is 12.3. The highest BCUT2D eigenvalue weighted by Gasteiger charge is 2.53. The maximum Gasteiger partial charge on any atom is 0.309 e. The fourth-order valence-corrected chi connectivity index (χ4v) is 5.77. The van der Waals surface area contributed by atoms with Crippen LogP contribution >= 0.6 is 23.3 Å². The summed E-state index contributed by atoms with van der Waals surface area (Å²) in [6.07, 6.45) is 3.17. The number of rotatable bonds is 8. The largest absolute Gasteiger partial charge is 0.543 e. The molecule has 0 saturated carbocycles. The summed E-state index contributed by atoms with van der Waals surface area (Å²) >= 11 is 2.03. The van der Waals surface area contributed by atoms with Gasteiger partial charge in [0.05, 0.1) is 17.9 Å². The molecule has 0 spiro atoms. The highest BCUT2D eigenvalue weighted by Crippen LogP contribution is 2.40. The zero-order valence-electron chi connectivity index (χ0n) is 18.6. The second kappa shape index (κ2) is 9.62. The standard InChI is InChI=1S/C19H17FN10O5S2/c20-7-35-26-11(14-25-19(22)37-27-14)15(31)24-12-16(32)29-13(18(33)34)8(6-36-17(12)29)4-28-5-9(21)30-10(28)2-1-3-23-30/h1-3,5,12,17H,4,6-7H2,(H5-,21,22,23,24,25,27,31,33,34)/b26-11-/t12-,17-/m1/s1. The number of nitrogens with zero attached hydrogens (tertiary/aromatic N) is 7. The Kier molecular flexibility index (Phi) is 6.34. The predicted molar refractivity (Wildman–Crippen MR) is 125 cm³/mol. The summed E-state index contributed by atoms with van der Waals surface area (Å²) in [5.41, 5.74) is 11.8. The minimum Gasteiger partial charge on any atom is -0.543 e. The third kappa shape index (κ3) is 4.29. The Morgan fingerprint density at radius 1 is 1.41 bits per heavy atom. The van der Waals surface area contributed by atoms with Crippen molar-refractivity contribution >= 4 is 63.4 Å². The molecule has 1 fully saturated rings. The van der Waals surface area contributed by atoms with Gasteiger partial charge in [0.2, 0.25) is 11.5 Å². The van der Waals surface area contributed by atoms with Crippen LogP contribution in [0.2, 0.25) is 0 Å². The van der Waals surface area contributed by atoms with Crippen molar-refractivity contribution in [2.75, 3.05) is 24.1 Å². The molecule has 0 bridgehead atoms. The number of hydrogen-bond acceptors (Lipinski definition) is 13. The second-order valence-electron chi connectivity index (χ2n) is 7.71. The van der Waals surface area contributed by atoms with Crippen LogP contribution in [-0.2, 0) is 25.8 Å². The van der Waals surface area contributed by atoms with Crippen LogP contribution in [0.5, 0.6) is 0 Å². The lowest BCUT2D eigenvalue weighted by Gasteiger charge is -2.50. The van der Waals surface area contributed by atoms with E-state index in [4.69, 9.17) is 11.5 Å². The van der Waals surface area contributed by atoms with E-state index in [0.29, 0.717) is 17.0 Å². The molecular formula is C19H17FN10O5S2. The van der Waals surface area contributed by atoms with Crippen LogP contribution < -0.4 is 26.5 Å². The molecule has 0 aromatic carbocycles. The number of carboxylic acid groups (broad SMARTS) is 1. The van der Waals surface area contributed by atoms with E-state index in [2.05, 4.69) is 29.8 Å². The quantitative estimate of drug-likeness (QED) is 0.115. The molecule has 3 aromatic rings. The number of amides is 2. The molecule has 37 heavy (non-hydrogen) atoms. The molecule has 2 aliphatic heterocycles. The Morgan fingerprint density at radius 2 is 2.22 bits per heavy atom. The lowest BCUT2D eigenvalue weighted by Crippen LogP contribution is -2.71. The molecule has 192 valence electrons. The van der Waals surface area contributed by atoms with Crippen molar-refractivity contribution in [3.8, 4) is 0 Å². The van der Waals surface area contributed by atoms with Crippen molar-refractivity contribution in [1.82, 2.24) is 29.2 Å². The van der Waals surface area contributed by atoms with E-state index in [9.17, 15) is 23.9 Å². The van der Waals surface area contributed by atoms with Gasteiger partial charge in [0.25, 0.3) is 24.5 Å². The molecule has 18 heteroatoms. The fourth-order valence-electron chi connectivity index (χ4n) is 4.00. The number of halogens is 1. The number of β-lactam (4-membered cyclic amide) rings is 1. The number of nitrogen functional groups attached to an aromatic ring is 2. The number of imidazole rings is 1. The van der Waals surface area contributed by atoms with Crippen molar-refractivity contribution in [1.29, 1.82) is 0 Å². The Labute approximate surface area is 214 Å². The Bertz CT molecular complexity index is 1490.